The number of amides is 1. The number of carbonyl (C=O) groups is 2. The van der Waals surface area contributed by atoms with Crippen molar-refractivity contribution in [3.63, 3.8) is 0 Å². The third kappa shape index (κ3) is 6.80. The van der Waals surface area contributed by atoms with Gasteiger partial charge in [0.25, 0.3) is 0 Å². The van der Waals surface area contributed by atoms with Gasteiger partial charge in [-0.05, 0) is 23.3 Å². The number of carbonyl (C=O) groups excluding carboxylic acids is 2. The summed E-state index contributed by atoms with van der Waals surface area (Å²) in [6, 6.07) is 14.3. The molecule has 0 aliphatic carbocycles. The molecule has 0 unspecified atom stereocenters. The number of quaternary nitrogens is 1. The van der Waals surface area contributed by atoms with Gasteiger partial charge < -0.3 is 37.7 Å². The fourth-order valence-corrected chi connectivity index (χ4v) is 2.30. The molecule has 0 fully saturated rings. The molecule has 0 radical (unpaired) electrons. The second-order valence-corrected chi connectivity index (χ2v) is 5.62. The number of rotatable bonds is 7. The van der Waals surface area contributed by atoms with E-state index in [1.54, 1.807) is 18.2 Å². The molecule has 27 heavy (non-hydrogen) atoms. The molecule has 0 spiro atoms. The van der Waals surface area contributed by atoms with Crippen LogP contribution in [0.25, 0.3) is 0 Å². The Morgan fingerprint density at radius 1 is 1.07 bits per heavy atom. The first-order valence-corrected chi connectivity index (χ1v) is 8.13. The molecule has 0 aliphatic rings. The molecule has 2 aromatic rings. The van der Waals surface area contributed by atoms with Crippen molar-refractivity contribution in [2.75, 3.05) is 14.2 Å². The Bertz CT molecular complexity index is 755. The molecule has 8 heteroatoms. The zero-order valence-corrected chi connectivity index (χ0v) is 16.0. The summed E-state index contributed by atoms with van der Waals surface area (Å²) in [5, 5.41) is 2.40. The predicted octanol–water partition coefficient (Wildman–Crippen LogP) is -1.69. The maximum atomic E-state index is 11.6. The Morgan fingerprint density at radius 3 is 2.41 bits per heavy atom. The molecule has 4 N–H and O–H groups in total. The third-order valence-electron chi connectivity index (χ3n) is 3.67. The van der Waals surface area contributed by atoms with Crippen molar-refractivity contribution in [1.29, 1.82) is 0 Å². The average Bonchev–Trinajstić information content (AvgIpc) is 2.67. The molecule has 0 saturated carbocycles. The standard InChI is InChI=1S/C19H22N2O5.ClH/c1-21-19(23)26-17-11-14(10-15(20)18(22)24-2)8-9-16(17)25-12-13-6-4-3-5-7-13;/h3-9,11,15H,10,12,20H2,1-2H3,(H,21,23);1H/t15-;/m0./s1. The summed E-state index contributed by atoms with van der Waals surface area (Å²) < 4.78 is 15.8. The Labute approximate surface area is 164 Å². The topological polar surface area (TPSA) is 102 Å². The molecule has 146 valence electrons. The summed E-state index contributed by atoms with van der Waals surface area (Å²) in [6.07, 6.45) is -0.249. The van der Waals surface area contributed by atoms with E-state index in [2.05, 4.69) is 15.8 Å². The van der Waals surface area contributed by atoms with Crippen LogP contribution in [0.2, 0.25) is 0 Å². The quantitative estimate of drug-likeness (QED) is 0.546. The van der Waals surface area contributed by atoms with Crippen molar-refractivity contribution in [3.05, 3.63) is 59.7 Å². The van der Waals surface area contributed by atoms with E-state index in [0.717, 1.165) is 11.1 Å². The maximum Gasteiger partial charge on any atom is 0.412 e. The second-order valence-electron chi connectivity index (χ2n) is 5.62. The van der Waals surface area contributed by atoms with E-state index in [9.17, 15) is 9.59 Å². The van der Waals surface area contributed by atoms with E-state index >= 15 is 0 Å². The smallest absolute Gasteiger partial charge is 0.412 e. The van der Waals surface area contributed by atoms with Crippen LogP contribution < -0.4 is 32.9 Å². The van der Waals surface area contributed by atoms with E-state index in [1.807, 2.05) is 30.3 Å². The zero-order valence-electron chi connectivity index (χ0n) is 15.2. The Balaban J connectivity index is 0.00000364. The van der Waals surface area contributed by atoms with Crippen LogP contribution >= 0.6 is 0 Å². The second kappa shape index (κ2) is 11.1. The van der Waals surface area contributed by atoms with Crippen LogP contribution in [0.5, 0.6) is 11.5 Å². The molecular formula is C19H23ClN2O5. The van der Waals surface area contributed by atoms with E-state index in [-0.39, 0.29) is 18.2 Å². The molecule has 1 amide bonds. The van der Waals surface area contributed by atoms with Crippen LogP contribution in [-0.4, -0.2) is 32.3 Å². The van der Waals surface area contributed by atoms with Crippen LogP contribution in [-0.2, 0) is 22.6 Å². The molecule has 7 nitrogen and oxygen atoms in total. The van der Waals surface area contributed by atoms with Gasteiger partial charge in [0, 0.05) is 13.5 Å². The van der Waals surface area contributed by atoms with Gasteiger partial charge in [0.05, 0.1) is 7.11 Å². The van der Waals surface area contributed by atoms with Crippen molar-refractivity contribution < 1.29 is 41.9 Å². The van der Waals surface area contributed by atoms with Crippen molar-refractivity contribution >= 4 is 12.1 Å². The van der Waals surface area contributed by atoms with E-state index < -0.39 is 18.1 Å². The highest BCUT2D eigenvalue weighted by Crippen LogP contribution is 2.30. The number of hydrogen-bond acceptors (Lipinski definition) is 5. The lowest BCUT2D eigenvalue weighted by atomic mass is 10.1. The number of hydrogen-bond donors (Lipinski definition) is 2. The fraction of sp³-hybridized carbons (Fsp3) is 0.263. The van der Waals surface area contributed by atoms with Crippen LogP contribution in [0, 0.1) is 0 Å². The van der Waals surface area contributed by atoms with Crippen LogP contribution in [0.3, 0.4) is 0 Å². The van der Waals surface area contributed by atoms with E-state index in [1.165, 1.54) is 14.2 Å². The monoisotopic (exact) mass is 394 g/mol. The molecule has 2 aromatic carbocycles. The number of benzene rings is 2. The summed E-state index contributed by atoms with van der Waals surface area (Å²) in [5.74, 6) is 0.304. The highest BCUT2D eigenvalue weighted by atomic mass is 35.5. The first-order chi connectivity index (χ1) is 12.5. The van der Waals surface area contributed by atoms with Gasteiger partial charge in [0.1, 0.15) is 6.61 Å². The Hall–Kier alpha value is -2.77. The Kier molecular flexibility index (Phi) is 9.12. The number of halogens is 1. The van der Waals surface area contributed by atoms with E-state index in [4.69, 9.17) is 9.47 Å². The fourth-order valence-electron chi connectivity index (χ4n) is 2.30. The minimum atomic E-state index is -0.606. The molecule has 1 atom stereocenters. The van der Waals surface area contributed by atoms with Crippen molar-refractivity contribution in [2.24, 2.45) is 0 Å². The summed E-state index contributed by atoms with van der Waals surface area (Å²) in [6.45, 7) is 0.338. The lowest BCUT2D eigenvalue weighted by Gasteiger charge is -2.14. The molecule has 0 heterocycles. The van der Waals surface area contributed by atoms with Crippen molar-refractivity contribution in [2.45, 2.75) is 19.1 Å². The van der Waals surface area contributed by atoms with Crippen LogP contribution in [0.1, 0.15) is 11.1 Å². The highest BCUT2D eigenvalue weighted by Gasteiger charge is 2.20. The average molecular weight is 395 g/mol. The lowest BCUT2D eigenvalue weighted by molar-refractivity contribution is -0.407. The minimum absolute atomic E-state index is 0. The summed E-state index contributed by atoms with van der Waals surface area (Å²) in [7, 11) is 2.79. The predicted molar refractivity (Wildman–Crippen MR) is 94.7 cm³/mol. The largest absolute Gasteiger partial charge is 1.00 e. The third-order valence-corrected chi connectivity index (χ3v) is 3.67. The van der Waals surface area contributed by atoms with Gasteiger partial charge in [-0.1, -0.05) is 36.4 Å². The van der Waals surface area contributed by atoms with Gasteiger partial charge in [0.15, 0.2) is 17.5 Å². The summed E-state index contributed by atoms with van der Waals surface area (Å²) in [5.41, 5.74) is 5.55. The van der Waals surface area contributed by atoms with Gasteiger partial charge in [0.2, 0.25) is 0 Å². The van der Waals surface area contributed by atoms with Crippen molar-refractivity contribution in [1.82, 2.24) is 5.32 Å². The molecule has 0 aromatic heterocycles. The first kappa shape index (κ1) is 22.3. The van der Waals surface area contributed by atoms with Crippen LogP contribution in [0.4, 0.5) is 4.79 Å². The number of esters is 1. The van der Waals surface area contributed by atoms with Gasteiger partial charge in [-0.3, -0.25) is 0 Å². The molecule has 0 saturated heterocycles. The number of nitrogens with one attached hydrogen (secondary N) is 1. The number of ether oxygens (including phenoxy) is 3. The lowest BCUT2D eigenvalue weighted by Crippen LogP contribution is -3.00. The summed E-state index contributed by atoms with van der Waals surface area (Å²) in [4.78, 5) is 23.2. The molecule has 0 bridgehead atoms. The minimum Gasteiger partial charge on any atom is -1.00 e. The van der Waals surface area contributed by atoms with E-state index in [0.29, 0.717) is 18.8 Å². The molecular weight excluding hydrogens is 372 g/mol. The SMILES string of the molecule is CNC(=O)Oc1cc(C[C@H]([NH3+])C(=O)OC)ccc1OCc1ccccc1.[Cl-]. The normalized spacial score (nSPS) is 10.9. The molecule has 0 aliphatic heterocycles. The van der Waals surface area contributed by atoms with Gasteiger partial charge >= 0.3 is 12.1 Å². The van der Waals surface area contributed by atoms with Gasteiger partial charge in [-0.2, -0.15) is 0 Å². The zero-order chi connectivity index (χ0) is 18.9. The maximum absolute atomic E-state index is 11.6. The summed E-state index contributed by atoms with van der Waals surface area (Å²) >= 11 is 0. The first-order valence-electron chi connectivity index (χ1n) is 8.13. The van der Waals surface area contributed by atoms with Gasteiger partial charge in [-0.25, -0.2) is 9.59 Å². The van der Waals surface area contributed by atoms with Gasteiger partial charge in [-0.15, -0.1) is 0 Å². The van der Waals surface area contributed by atoms with Crippen LogP contribution in [0.15, 0.2) is 48.5 Å². The number of methoxy groups -OCH3 is 1. The molecule has 2 rings (SSSR count). The highest BCUT2D eigenvalue weighted by molar-refractivity contribution is 5.74. The Morgan fingerprint density at radius 2 is 1.78 bits per heavy atom. The van der Waals surface area contributed by atoms with Crippen molar-refractivity contribution in [3.8, 4) is 11.5 Å².